The molecule has 0 spiro atoms. The molecule has 1 saturated heterocycles. The average molecular weight is 215 g/mol. The van der Waals surface area contributed by atoms with E-state index in [1.807, 2.05) is 0 Å². The number of halogens is 1. The van der Waals surface area contributed by atoms with Gasteiger partial charge in [-0.05, 0) is 24.6 Å². The largest absolute Gasteiger partial charge is 0.507 e. The summed E-state index contributed by atoms with van der Waals surface area (Å²) in [5.41, 5.74) is 0.595. The van der Waals surface area contributed by atoms with Crippen molar-refractivity contribution in [2.24, 2.45) is 0 Å². The maximum absolute atomic E-state index is 9.57. The quantitative estimate of drug-likeness (QED) is 0.781. The minimum Gasteiger partial charge on any atom is -0.507 e. The van der Waals surface area contributed by atoms with Crippen LogP contribution in [0.15, 0.2) is 18.2 Å². The molecule has 4 heteroatoms. The van der Waals surface area contributed by atoms with Crippen LogP contribution in [0, 0.1) is 0 Å². The molecule has 0 bridgehead atoms. The molecule has 1 aromatic rings. The third kappa shape index (κ3) is 2.00. The van der Waals surface area contributed by atoms with Crippen molar-refractivity contribution in [1.29, 1.82) is 0 Å². The highest BCUT2D eigenvalue weighted by molar-refractivity contribution is 6.30. The fourth-order valence-corrected chi connectivity index (χ4v) is 1.56. The summed E-state index contributed by atoms with van der Waals surface area (Å²) < 4.78 is 10.7. The van der Waals surface area contributed by atoms with Gasteiger partial charge in [-0.2, -0.15) is 0 Å². The van der Waals surface area contributed by atoms with Crippen LogP contribution in [0.4, 0.5) is 0 Å². The van der Waals surface area contributed by atoms with Gasteiger partial charge in [0, 0.05) is 5.02 Å². The molecule has 0 aliphatic carbocycles. The van der Waals surface area contributed by atoms with E-state index in [4.69, 9.17) is 21.1 Å². The van der Waals surface area contributed by atoms with Gasteiger partial charge in [0.05, 0.1) is 18.8 Å². The summed E-state index contributed by atoms with van der Waals surface area (Å²) in [6.07, 6.45) is 0.403. The molecule has 0 radical (unpaired) electrons. The topological polar surface area (TPSA) is 38.7 Å². The Labute approximate surface area is 87.2 Å². The number of phenolic OH excluding ortho intramolecular Hbond substituents is 1. The van der Waals surface area contributed by atoms with Crippen LogP contribution in [0.1, 0.15) is 18.3 Å². The first-order valence-corrected chi connectivity index (χ1v) is 4.87. The van der Waals surface area contributed by atoms with Gasteiger partial charge in [0.15, 0.2) is 6.29 Å². The van der Waals surface area contributed by atoms with Crippen molar-refractivity contribution in [3.8, 4) is 5.75 Å². The fourth-order valence-electron chi connectivity index (χ4n) is 1.38. The lowest BCUT2D eigenvalue weighted by molar-refractivity contribution is -0.183. The zero-order chi connectivity index (χ0) is 9.97. The number of benzene rings is 1. The van der Waals surface area contributed by atoms with Crippen LogP contribution in [0.25, 0.3) is 0 Å². The average Bonchev–Trinajstić information content (AvgIpc) is 2.23. The summed E-state index contributed by atoms with van der Waals surface area (Å²) in [6.45, 7) is 1.30. The van der Waals surface area contributed by atoms with Crippen LogP contribution in [-0.4, -0.2) is 18.3 Å². The van der Waals surface area contributed by atoms with Crippen molar-refractivity contribution in [2.45, 2.75) is 12.7 Å². The highest BCUT2D eigenvalue weighted by Crippen LogP contribution is 2.31. The first-order chi connectivity index (χ1) is 6.77. The lowest BCUT2D eigenvalue weighted by Crippen LogP contribution is -2.17. The molecule has 1 fully saturated rings. The van der Waals surface area contributed by atoms with Crippen molar-refractivity contribution in [2.75, 3.05) is 13.2 Å². The Kier molecular flexibility index (Phi) is 2.91. The Bertz CT molecular complexity index is 321. The van der Waals surface area contributed by atoms with Gasteiger partial charge in [-0.25, -0.2) is 0 Å². The van der Waals surface area contributed by atoms with Crippen LogP contribution in [0.5, 0.6) is 5.75 Å². The Morgan fingerprint density at radius 2 is 2.00 bits per heavy atom. The zero-order valence-corrected chi connectivity index (χ0v) is 8.33. The predicted octanol–water partition coefficient (Wildman–Crippen LogP) is 2.48. The Hall–Kier alpha value is -0.770. The summed E-state index contributed by atoms with van der Waals surface area (Å²) in [5, 5.41) is 10.1. The van der Waals surface area contributed by atoms with Gasteiger partial charge < -0.3 is 14.6 Å². The summed E-state index contributed by atoms with van der Waals surface area (Å²) in [7, 11) is 0. The molecule has 0 aromatic heterocycles. The van der Waals surface area contributed by atoms with Crippen molar-refractivity contribution < 1.29 is 14.6 Å². The summed E-state index contributed by atoms with van der Waals surface area (Å²) in [5.74, 6) is 0.154. The molecule has 1 aromatic carbocycles. The van der Waals surface area contributed by atoms with Crippen LogP contribution in [0.2, 0.25) is 5.02 Å². The van der Waals surface area contributed by atoms with E-state index < -0.39 is 6.29 Å². The van der Waals surface area contributed by atoms with E-state index in [0.29, 0.717) is 23.8 Å². The first kappa shape index (κ1) is 9.77. The van der Waals surface area contributed by atoms with E-state index in [-0.39, 0.29) is 5.75 Å². The molecule has 76 valence electrons. The molecule has 1 heterocycles. The van der Waals surface area contributed by atoms with Crippen molar-refractivity contribution in [1.82, 2.24) is 0 Å². The summed E-state index contributed by atoms with van der Waals surface area (Å²) in [4.78, 5) is 0. The van der Waals surface area contributed by atoms with E-state index in [1.54, 1.807) is 18.2 Å². The Morgan fingerprint density at radius 3 is 2.71 bits per heavy atom. The third-order valence-electron chi connectivity index (χ3n) is 2.07. The minimum atomic E-state index is -0.484. The van der Waals surface area contributed by atoms with Gasteiger partial charge in [-0.3, -0.25) is 0 Å². The number of phenols is 1. The van der Waals surface area contributed by atoms with E-state index in [2.05, 4.69) is 0 Å². The monoisotopic (exact) mass is 214 g/mol. The molecule has 1 N–H and O–H groups in total. The van der Waals surface area contributed by atoms with Gasteiger partial charge >= 0.3 is 0 Å². The first-order valence-electron chi connectivity index (χ1n) is 4.49. The maximum atomic E-state index is 9.57. The molecule has 0 unspecified atom stereocenters. The normalized spacial score (nSPS) is 18.4. The lowest BCUT2D eigenvalue weighted by Gasteiger charge is -2.24. The number of aromatic hydroxyl groups is 1. The highest BCUT2D eigenvalue weighted by atomic mass is 35.5. The number of ether oxygens (including phenoxy) is 2. The van der Waals surface area contributed by atoms with E-state index in [1.165, 1.54) is 0 Å². The van der Waals surface area contributed by atoms with Gasteiger partial charge in [0.25, 0.3) is 0 Å². The third-order valence-corrected chi connectivity index (χ3v) is 2.31. The summed E-state index contributed by atoms with van der Waals surface area (Å²) in [6, 6.07) is 4.83. The number of rotatable bonds is 1. The molecular weight excluding hydrogens is 204 g/mol. The molecule has 0 saturated carbocycles. The SMILES string of the molecule is Oc1ccc(Cl)cc1C1OCCCO1. The van der Waals surface area contributed by atoms with Crippen LogP contribution < -0.4 is 0 Å². The van der Waals surface area contributed by atoms with E-state index in [9.17, 15) is 5.11 Å². The van der Waals surface area contributed by atoms with Crippen molar-refractivity contribution in [3.63, 3.8) is 0 Å². The van der Waals surface area contributed by atoms with Crippen molar-refractivity contribution >= 4 is 11.6 Å². The van der Waals surface area contributed by atoms with Crippen LogP contribution >= 0.6 is 11.6 Å². The molecule has 1 aliphatic heterocycles. The second kappa shape index (κ2) is 4.17. The standard InChI is InChI=1S/C10H11ClO3/c11-7-2-3-9(12)8(6-7)10-13-4-1-5-14-10/h2-3,6,10,12H,1,4-5H2. The molecule has 3 nitrogen and oxygen atoms in total. The molecule has 1 aliphatic rings. The molecule has 0 amide bonds. The zero-order valence-electron chi connectivity index (χ0n) is 7.57. The smallest absolute Gasteiger partial charge is 0.187 e. The summed E-state index contributed by atoms with van der Waals surface area (Å²) >= 11 is 5.81. The van der Waals surface area contributed by atoms with E-state index in [0.717, 1.165) is 6.42 Å². The number of hydrogen-bond donors (Lipinski definition) is 1. The molecular formula is C10H11ClO3. The number of hydrogen-bond acceptors (Lipinski definition) is 3. The van der Waals surface area contributed by atoms with Crippen molar-refractivity contribution in [3.05, 3.63) is 28.8 Å². The second-order valence-electron chi connectivity index (χ2n) is 3.13. The molecule has 14 heavy (non-hydrogen) atoms. The minimum absolute atomic E-state index is 0.154. The van der Waals surface area contributed by atoms with Crippen LogP contribution in [-0.2, 0) is 9.47 Å². The van der Waals surface area contributed by atoms with E-state index >= 15 is 0 Å². The second-order valence-corrected chi connectivity index (χ2v) is 3.57. The Balaban J connectivity index is 2.24. The predicted molar refractivity (Wildman–Crippen MR) is 52.4 cm³/mol. The maximum Gasteiger partial charge on any atom is 0.187 e. The van der Waals surface area contributed by atoms with Crippen LogP contribution in [0.3, 0.4) is 0 Å². The lowest BCUT2D eigenvalue weighted by atomic mass is 10.2. The Morgan fingerprint density at radius 1 is 1.29 bits per heavy atom. The highest BCUT2D eigenvalue weighted by Gasteiger charge is 2.19. The van der Waals surface area contributed by atoms with Gasteiger partial charge in [0.2, 0.25) is 0 Å². The van der Waals surface area contributed by atoms with Gasteiger partial charge in [0.1, 0.15) is 5.75 Å². The molecule has 2 rings (SSSR count). The molecule has 0 atom stereocenters. The van der Waals surface area contributed by atoms with Gasteiger partial charge in [-0.1, -0.05) is 11.6 Å². The fraction of sp³-hybridized carbons (Fsp3) is 0.400. The van der Waals surface area contributed by atoms with Gasteiger partial charge in [-0.15, -0.1) is 0 Å².